The maximum Gasteiger partial charge on any atom is 0.333 e. The van der Waals surface area contributed by atoms with Crippen LogP contribution in [0.25, 0.3) is 0 Å². The largest absolute Gasteiger partial charge is 0.333 e. The molecule has 5 heteroatoms. The quantitative estimate of drug-likeness (QED) is 0.751. The van der Waals surface area contributed by atoms with Crippen LogP contribution in [-0.4, -0.2) is 15.0 Å². The molecule has 4 nitrogen and oxygen atoms in total. The van der Waals surface area contributed by atoms with Crippen molar-refractivity contribution in [3.63, 3.8) is 0 Å². The van der Waals surface area contributed by atoms with Gasteiger partial charge < -0.3 is 0 Å². The van der Waals surface area contributed by atoms with E-state index in [1.807, 2.05) is 0 Å². The summed E-state index contributed by atoms with van der Waals surface area (Å²) in [4.78, 5) is 0. The van der Waals surface area contributed by atoms with Crippen LogP contribution in [0.5, 0.6) is 0 Å². The van der Waals surface area contributed by atoms with E-state index >= 15 is 0 Å². The van der Waals surface area contributed by atoms with E-state index < -0.39 is 10.3 Å². The average molecular weight is 207 g/mol. The first-order valence-corrected chi connectivity index (χ1v) is 6.11. The number of nitrogens with two attached hydrogens (primary N) is 1. The minimum Gasteiger partial charge on any atom is -0.258 e. The van der Waals surface area contributed by atoms with Crippen LogP contribution in [0.15, 0.2) is 0 Å². The van der Waals surface area contributed by atoms with Crippen LogP contribution >= 0.6 is 0 Å². The van der Waals surface area contributed by atoms with Gasteiger partial charge >= 0.3 is 10.3 Å². The third-order valence-corrected chi connectivity index (χ3v) is 3.07. The zero-order valence-electron chi connectivity index (χ0n) is 7.90. The molecule has 1 saturated carbocycles. The van der Waals surface area contributed by atoms with Gasteiger partial charge in [-0.25, -0.2) is 5.14 Å². The lowest BCUT2D eigenvalue weighted by atomic mass is 9.83. The van der Waals surface area contributed by atoms with Crippen molar-refractivity contribution in [2.45, 2.75) is 32.6 Å². The fourth-order valence-electron chi connectivity index (χ4n) is 1.69. The minimum atomic E-state index is -3.74. The van der Waals surface area contributed by atoms with Gasteiger partial charge in [0.1, 0.15) is 0 Å². The molecule has 1 aliphatic carbocycles. The van der Waals surface area contributed by atoms with Crippen molar-refractivity contribution in [1.29, 1.82) is 0 Å². The molecule has 0 aromatic rings. The SMILES string of the molecule is CC1CCC(COS(N)(=O)=O)CC1. The molecule has 0 unspecified atom stereocenters. The number of hydrogen-bond donors (Lipinski definition) is 1. The molecule has 1 rings (SSSR count). The molecule has 0 amide bonds. The first-order valence-electron chi connectivity index (χ1n) is 4.64. The van der Waals surface area contributed by atoms with Crippen LogP contribution in [0, 0.1) is 11.8 Å². The highest BCUT2D eigenvalue weighted by Gasteiger charge is 2.19. The molecule has 0 heterocycles. The average Bonchev–Trinajstić information content (AvgIpc) is 2.02. The molecule has 0 atom stereocenters. The van der Waals surface area contributed by atoms with Crippen LogP contribution in [-0.2, 0) is 14.5 Å². The van der Waals surface area contributed by atoms with Gasteiger partial charge in [-0.1, -0.05) is 19.8 Å². The van der Waals surface area contributed by atoms with Gasteiger partial charge in [0.2, 0.25) is 0 Å². The highest BCUT2D eigenvalue weighted by atomic mass is 32.2. The fourth-order valence-corrected chi connectivity index (χ4v) is 2.07. The maximum atomic E-state index is 10.5. The molecule has 0 aromatic carbocycles. The molecule has 0 radical (unpaired) electrons. The van der Waals surface area contributed by atoms with E-state index in [1.165, 1.54) is 12.8 Å². The maximum absolute atomic E-state index is 10.5. The van der Waals surface area contributed by atoms with E-state index in [-0.39, 0.29) is 6.61 Å². The number of rotatable bonds is 3. The third-order valence-electron chi connectivity index (χ3n) is 2.60. The van der Waals surface area contributed by atoms with Gasteiger partial charge in [-0.3, -0.25) is 4.18 Å². The van der Waals surface area contributed by atoms with Gasteiger partial charge in [-0.2, -0.15) is 8.42 Å². The van der Waals surface area contributed by atoms with Crippen molar-refractivity contribution >= 4 is 10.3 Å². The Kier molecular flexibility index (Phi) is 3.70. The molecular weight excluding hydrogens is 190 g/mol. The predicted octanol–water partition coefficient (Wildman–Crippen LogP) is 1.03. The smallest absolute Gasteiger partial charge is 0.258 e. The van der Waals surface area contributed by atoms with E-state index in [9.17, 15) is 8.42 Å². The standard InChI is InChI=1S/C8H17NO3S/c1-7-2-4-8(5-3-7)6-12-13(9,10)11/h7-8H,2-6H2,1H3,(H2,9,10,11). The van der Waals surface area contributed by atoms with Crippen LogP contribution in [0.1, 0.15) is 32.6 Å². The van der Waals surface area contributed by atoms with Crippen molar-refractivity contribution in [1.82, 2.24) is 0 Å². The summed E-state index contributed by atoms with van der Waals surface area (Å²) in [6.07, 6.45) is 4.44. The van der Waals surface area contributed by atoms with Gasteiger partial charge in [-0.05, 0) is 24.7 Å². The molecule has 0 bridgehead atoms. The van der Waals surface area contributed by atoms with E-state index in [2.05, 4.69) is 11.1 Å². The second-order valence-electron chi connectivity index (χ2n) is 3.90. The van der Waals surface area contributed by atoms with Crippen molar-refractivity contribution in [3.8, 4) is 0 Å². The van der Waals surface area contributed by atoms with Crippen molar-refractivity contribution in [3.05, 3.63) is 0 Å². The summed E-state index contributed by atoms with van der Waals surface area (Å²) in [6, 6.07) is 0. The summed E-state index contributed by atoms with van der Waals surface area (Å²) < 4.78 is 25.5. The van der Waals surface area contributed by atoms with Gasteiger partial charge in [0.05, 0.1) is 6.61 Å². The first-order chi connectivity index (χ1) is 5.97. The van der Waals surface area contributed by atoms with Crippen molar-refractivity contribution in [2.75, 3.05) is 6.61 Å². The van der Waals surface area contributed by atoms with Crippen LogP contribution in [0.2, 0.25) is 0 Å². The Morgan fingerprint density at radius 1 is 1.31 bits per heavy atom. The molecular formula is C8H17NO3S. The molecule has 0 aromatic heterocycles. The van der Waals surface area contributed by atoms with Crippen LogP contribution in [0.4, 0.5) is 0 Å². The third kappa shape index (κ3) is 4.59. The zero-order valence-corrected chi connectivity index (χ0v) is 8.72. The summed E-state index contributed by atoms with van der Waals surface area (Å²) in [5.41, 5.74) is 0. The monoisotopic (exact) mass is 207 g/mol. The Bertz CT molecular complexity index is 242. The lowest BCUT2D eigenvalue weighted by Crippen LogP contribution is -2.23. The van der Waals surface area contributed by atoms with Crippen LogP contribution < -0.4 is 5.14 Å². The summed E-state index contributed by atoms with van der Waals surface area (Å²) in [5.74, 6) is 1.14. The van der Waals surface area contributed by atoms with Gasteiger partial charge in [0.25, 0.3) is 0 Å². The Labute approximate surface area is 79.7 Å². The van der Waals surface area contributed by atoms with Crippen molar-refractivity contribution in [2.24, 2.45) is 17.0 Å². The van der Waals surface area contributed by atoms with E-state index in [0.29, 0.717) is 5.92 Å². The Hall–Kier alpha value is -0.130. The Morgan fingerprint density at radius 3 is 2.31 bits per heavy atom. The summed E-state index contributed by atoms with van der Waals surface area (Å²) in [5, 5.41) is 4.73. The molecule has 1 aliphatic rings. The summed E-state index contributed by atoms with van der Waals surface area (Å²) >= 11 is 0. The minimum absolute atomic E-state index is 0.256. The highest BCUT2D eigenvalue weighted by molar-refractivity contribution is 7.84. The zero-order chi connectivity index (χ0) is 9.90. The molecule has 78 valence electrons. The van der Waals surface area contributed by atoms with Gasteiger partial charge in [-0.15, -0.1) is 0 Å². The fraction of sp³-hybridized carbons (Fsp3) is 1.00. The summed E-state index contributed by atoms with van der Waals surface area (Å²) in [7, 11) is -3.74. The summed E-state index contributed by atoms with van der Waals surface area (Å²) in [6.45, 7) is 2.47. The van der Waals surface area contributed by atoms with Crippen LogP contribution in [0.3, 0.4) is 0 Å². The second-order valence-corrected chi connectivity index (χ2v) is 5.12. The topological polar surface area (TPSA) is 69.4 Å². The molecule has 0 spiro atoms. The van der Waals surface area contributed by atoms with E-state index in [0.717, 1.165) is 18.8 Å². The molecule has 2 N–H and O–H groups in total. The Morgan fingerprint density at radius 2 is 1.85 bits per heavy atom. The lowest BCUT2D eigenvalue weighted by molar-refractivity contribution is 0.192. The second kappa shape index (κ2) is 4.39. The van der Waals surface area contributed by atoms with Gasteiger partial charge in [0.15, 0.2) is 0 Å². The lowest BCUT2D eigenvalue weighted by Gasteiger charge is -2.25. The predicted molar refractivity (Wildman–Crippen MR) is 50.2 cm³/mol. The Balaban J connectivity index is 2.24. The van der Waals surface area contributed by atoms with Crippen molar-refractivity contribution < 1.29 is 12.6 Å². The normalized spacial score (nSPS) is 30.3. The van der Waals surface area contributed by atoms with Gasteiger partial charge in [0, 0.05) is 0 Å². The van der Waals surface area contributed by atoms with E-state index in [1.54, 1.807) is 0 Å². The molecule has 0 aliphatic heterocycles. The number of hydrogen-bond acceptors (Lipinski definition) is 3. The molecule has 1 fully saturated rings. The highest BCUT2D eigenvalue weighted by Crippen LogP contribution is 2.28. The first kappa shape index (κ1) is 10.9. The molecule has 0 saturated heterocycles. The van der Waals surface area contributed by atoms with E-state index in [4.69, 9.17) is 5.14 Å². The molecule has 13 heavy (non-hydrogen) atoms.